The van der Waals surface area contributed by atoms with Gasteiger partial charge in [-0.05, 0) is 147 Å². The summed E-state index contributed by atoms with van der Waals surface area (Å²) in [5, 5.41) is 8.33. The third-order valence-electron chi connectivity index (χ3n) is 10.7. The summed E-state index contributed by atoms with van der Waals surface area (Å²) in [7, 11) is 0. The third kappa shape index (κ3) is 8.03. The predicted octanol–water partition coefficient (Wildman–Crippen LogP) is 11.8. The molecule has 8 heterocycles. The first-order valence-electron chi connectivity index (χ1n) is 19.8. The molecule has 8 aromatic heterocycles. The third-order valence-corrected chi connectivity index (χ3v) is 11.0. The quantitative estimate of drug-likeness (QED) is 0.0961. The van der Waals surface area contributed by atoms with Crippen LogP contribution < -0.4 is 11.1 Å². The van der Waals surface area contributed by atoms with Gasteiger partial charge in [0.05, 0.1) is 22.4 Å². The van der Waals surface area contributed by atoms with Crippen molar-refractivity contribution >= 4 is 72.4 Å². The van der Waals surface area contributed by atoms with E-state index in [2.05, 4.69) is 76.6 Å². The molecule has 288 valence electrons. The summed E-state index contributed by atoms with van der Waals surface area (Å²) >= 11 is 6.15. The molecule has 5 N–H and O–H groups in total. The maximum atomic E-state index is 6.15. The van der Waals surface area contributed by atoms with Gasteiger partial charge in [-0.1, -0.05) is 11.6 Å². The molecule has 0 spiro atoms. The highest BCUT2D eigenvalue weighted by molar-refractivity contribution is 6.34. The van der Waals surface area contributed by atoms with E-state index < -0.39 is 0 Å². The van der Waals surface area contributed by atoms with E-state index >= 15 is 0 Å². The predicted molar refractivity (Wildman–Crippen MR) is 239 cm³/mol. The maximum Gasteiger partial charge on any atom is 0.140 e. The standard InChI is InChI=1S/C24H19N5.C13H8ClN3.C11H12N2/c1-2-19-23(26-9-1)14-22(16-7-10-25-11-8-16)29-24(19)27-18-5-6-20-17(12-18)13-21(28-20)15-3-4-15;14-13-10-2-1-5-16-12(10)8-11(17-13)9-3-6-15-7-4-9;12-9-3-4-10-8(5-9)6-11(13-10)7-1-2-7/h1-2,5-15,28H,3-4H2,(H,27,29);1-8H;3-7,13H,1-2,12H2. The number of fused-ring (bicyclic) bond motifs is 4. The van der Waals surface area contributed by atoms with Crippen LogP contribution in [0.3, 0.4) is 0 Å². The topological polar surface area (TPSA) is 147 Å². The van der Waals surface area contributed by atoms with E-state index in [0.29, 0.717) is 11.1 Å². The van der Waals surface area contributed by atoms with E-state index in [4.69, 9.17) is 22.3 Å². The van der Waals surface area contributed by atoms with E-state index in [1.807, 2.05) is 79.0 Å². The number of nitrogens with two attached hydrogens (primary N) is 1. The largest absolute Gasteiger partial charge is 0.399 e. The minimum absolute atomic E-state index is 0.474. The molecule has 12 rings (SSSR count). The zero-order valence-corrected chi connectivity index (χ0v) is 32.7. The lowest BCUT2D eigenvalue weighted by Crippen LogP contribution is -1.97. The number of hydrogen-bond donors (Lipinski definition) is 4. The highest BCUT2D eigenvalue weighted by Gasteiger charge is 2.26. The second-order valence-corrected chi connectivity index (χ2v) is 15.4. The van der Waals surface area contributed by atoms with Gasteiger partial charge in [0.15, 0.2) is 0 Å². The van der Waals surface area contributed by atoms with Crippen molar-refractivity contribution in [2.24, 2.45) is 0 Å². The minimum Gasteiger partial charge on any atom is -0.399 e. The summed E-state index contributed by atoms with van der Waals surface area (Å²) in [6.07, 6.45) is 15.8. The van der Waals surface area contributed by atoms with Gasteiger partial charge in [0, 0.05) is 104 Å². The average molecular weight is 791 g/mol. The first kappa shape index (κ1) is 36.2. The van der Waals surface area contributed by atoms with Gasteiger partial charge in [0.2, 0.25) is 0 Å². The summed E-state index contributed by atoms with van der Waals surface area (Å²) in [6, 6.07) is 36.4. The van der Waals surface area contributed by atoms with Crippen LogP contribution in [0.1, 0.15) is 48.9 Å². The normalized spacial score (nSPS) is 13.5. The van der Waals surface area contributed by atoms with Crippen molar-refractivity contribution in [1.29, 1.82) is 0 Å². The lowest BCUT2D eigenvalue weighted by Gasteiger charge is -2.11. The Morgan fingerprint density at radius 3 is 1.71 bits per heavy atom. The van der Waals surface area contributed by atoms with E-state index in [-0.39, 0.29) is 0 Å². The minimum atomic E-state index is 0.474. The van der Waals surface area contributed by atoms with Crippen LogP contribution in [-0.4, -0.2) is 39.9 Å². The molecule has 2 aliphatic carbocycles. The van der Waals surface area contributed by atoms with Crippen LogP contribution in [0.4, 0.5) is 17.2 Å². The molecule has 11 heteroatoms. The first-order chi connectivity index (χ1) is 29.0. The van der Waals surface area contributed by atoms with Gasteiger partial charge in [0.25, 0.3) is 0 Å². The second kappa shape index (κ2) is 15.6. The van der Waals surface area contributed by atoms with Crippen LogP contribution in [0.15, 0.2) is 146 Å². The molecule has 2 saturated carbocycles. The fraction of sp³-hybridized carbons (Fsp3) is 0.125. The van der Waals surface area contributed by atoms with E-state index in [1.54, 1.807) is 31.0 Å². The molecular weight excluding hydrogens is 752 g/mol. The number of nitrogens with one attached hydrogen (secondary N) is 3. The molecule has 0 saturated heterocycles. The Balaban J connectivity index is 0.000000118. The van der Waals surface area contributed by atoms with Crippen molar-refractivity contribution < 1.29 is 0 Å². The Kier molecular flexibility index (Phi) is 9.59. The van der Waals surface area contributed by atoms with Gasteiger partial charge in [-0.3, -0.25) is 19.9 Å². The number of halogens is 1. The fourth-order valence-corrected chi connectivity index (χ4v) is 7.57. The number of hydrogen-bond acceptors (Lipinski definition) is 8. The number of rotatable bonds is 6. The molecule has 0 atom stereocenters. The van der Waals surface area contributed by atoms with Crippen molar-refractivity contribution in [3.8, 4) is 22.5 Å². The van der Waals surface area contributed by atoms with Gasteiger partial charge < -0.3 is 21.0 Å². The van der Waals surface area contributed by atoms with Crippen LogP contribution in [0.25, 0.3) is 66.1 Å². The van der Waals surface area contributed by atoms with Crippen LogP contribution in [0, 0.1) is 0 Å². The van der Waals surface area contributed by atoms with Gasteiger partial charge in [-0.25, -0.2) is 9.97 Å². The molecular formula is C48H39ClN10. The van der Waals surface area contributed by atoms with Crippen LogP contribution in [0.5, 0.6) is 0 Å². The summed E-state index contributed by atoms with van der Waals surface area (Å²) in [5.74, 6) is 2.31. The van der Waals surface area contributed by atoms with Crippen molar-refractivity contribution in [3.05, 3.63) is 163 Å². The van der Waals surface area contributed by atoms with Crippen LogP contribution >= 0.6 is 11.6 Å². The number of benzene rings is 2. The number of H-pyrrole nitrogens is 2. The zero-order chi connectivity index (χ0) is 39.7. The second-order valence-electron chi connectivity index (χ2n) is 15.0. The Morgan fingerprint density at radius 1 is 0.559 bits per heavy atom. The Bertz CT molecular complexity index is 3080. The molecule has 59 heavy (non-hydrogen) atoms. The molecule has 10 aromatic rings. The Labute approximate surface area is 345 Å². The molecule has 2 aliphatic rings. The molecule has 2 aromatic carbocycles. The molecule has 0 unspecified atom stereocenters. The molecule has 0 aliphatic heterocycles. The molecule has 0 amide bonds. The summed E-state index contributed by atoms with van der Waals surface area (Å²) in [6.45, 7) is 0. The molecule has 2 fully saturated rings. The number of anilines is 3. The average Bonchev–Trinajstić information content (AvgIpc) is 4.23. The number of nitrogens with zero attached hydrogens (tertiary/aromatic N) is 6. The molecule has 0 radical (unpaired) electrons. The highest BCUT2D eigenvalue weighted by atomic mass is 35.5. The van der Waals surface area contributed by atoms with Crippen molar-refractivity contribution in [1.82, 2.24) is 39.9 Å². The van der Waals surface area contributed by atoms with Gasteiger partial charge in [-0.15, -0.1) is 0 Å². The van der Waals surface area contributed by atoms with Crippen LogP contribution in [-0.2, 0) is 0 Å². The summed E-state index contributed by atoms with van der Waals surface area (Å²) in [5.41, 5.74) is 18.1. The molecule has 10 nitrogen and oxygen atoms in total. The Morgan fingerprint density at radius 2 is 1.10 bits per heavy atom. The van der Waals surface area contributed by atoms with Crippen molar-refractivity contribution in [3.63, 3.8) is 0 Å². The SMILES string of the molecule is Clc1nc(-c2ccncc2)cc2ncccc12.Nc1ccc2[nH]c(C3CC3)cc2c1.c1cnc2cc(-c3ccncc3)nc(Nc3ccc4[nH]c(C5CC5)cc4c3)c2c1. The van der Waals surface area contributed by atoms with Crippen molar-refractivity contribution in [2.75, 3.05) is 11.1 Å². The highest BCUT2D eigenvalue weighted by Crippen LogP contribution is 2.42. The van der Waals surface area contributed by atoms with Crippen molar-refractivity contribution in [2.45, 2.75) is 37.5 Å². The van der Waals surface area contributed by atoms with E-state index in [0.717, 1.165) is 67.4 Å². The number of aromatic nitrogens is 8. The summed E-state index contributed by atoms with van der Waals surface area (Å²) in [4.78, 5) is 33.2. The van der Waals surface area contributed by atoms with E-state index in [9.17, 15) is 0 Å². The lowest BCUT2D eigenvalue weighted by molar-refractivity contribution is 1.06. The van der Waals surface area contributed by atoms with Gasteiger partial charge in [0.1, 0.15) is 11.0 Å². The zero-order valence-electron chi connectivity index (χ0n) is 32.0. The Hall–Kier alpha value is -7.17. The maximum absolute atomic E-state index is 6.15. The molecule has 0 bridgehead atoms. The lowest BCUT2D eigenvalue weighted by atomic mass is 10.1. The number of aromatic amines is 2. The monoisotopic (exact) mass is 790 g/mol. The van der Waals surface area contributed by atoms with Gasteiger partial charge in [-0.2, -0.15) is 0 Å². The van der Waals surface area contributed by atoms with Gasteiger partial charge >= 0.3 is 0 Å². The van der Waals surface area contributed by atoms with Crippen LogP contribution in [0.2, 0.25) is 5.15 Å². The fourth-order valence-electron chi connectivity index (χ4n) is 7.32. The summed E-state index contributed by atoms with van der Waals surface area (Å²) < 4.78 is 0. The van der Waals surface area contributed by atoms with E-state index in [1.165, 1.54) is 58.9 Å². The smallest absolute Gasteiger partial charge is 0.140 e. The number of nitrogen functional groups attached to an aromatic ring is 1. The number of pyridine rings is 6. The first-order valence-corrected chi connectivity index (χ1v) is 20.1.